The summed E-state index contributed by atoms with van der Waals surface area (Å²) in [5.74, 6) is 3.86. The minimum Gasteiger partial charge on any atom is -0.423 e. The average molecular weight is 924 g/mol. The van der Waals surface area contributed by atoms with Gasteiger partial charge >= 0.3 is 5.97 Å². The number of carbonyl (C=O) groups excluding carboxylic acids is 1. The largest absolute Gasteiger partial charge is 0.423 e. The minimum absolute atomic E-state index is 0.0772. The van der Waals surface area contributed by atoms with Crippen LogP contribution in [0.25, 0.3) is 0 Å². The van der Waals surface area contributed by atoms with Crippen molar-refractivity contribution >= 4 is 83.9 Å². The Morgan fingerprint density at radius 2 is 1.17 bits per heavy atom. The van der Waals surface area contributed by atoms with Crippen molar-refractivity contribution in [1.29, 1.82) is 0 Å². The lowest BCUT2D eigenvalue weighted by atomic mass is 9.47. The molecule has 0 heterocycles. The van der Waals surface area contributed by atoms with E-state index in [2.05, 4.69) is 67.8 Å². The highest BCUT2D eigenvalue weighted by Crippen LogP contribution is 2.65. The smallest absolute Gasteiger partial charge is 0.344 e. The van der Waals surface area contributed by atoms with Gasteiger partial charge < -0.3 is 4.74 Å². The molecule has 2 aromatic rings. The number of ether oxygens (including phenoxy) is 1. The fourth-order valence-corrected chi connectivity index (χ4v) is 14.6. The molecule has 0 aliphatic heterocycles. The van der Waals surface area contributed by atoms with Gasteiger partial charge in [-0.1, -0.05) is 0 Å². The quantitative estimate of drug-likeness (QED) is 0.107. The first-order chi connectivity index (χ1) is 19.9. The van der Waals surface area contributed by atoms with Crippen molar-refractivity contribution in [2.24, 2.45) is 35.5 Å². The van der Waals surface area contributed by atoms with Gasteiger partial charge in [-0.15, -0.1) is 0 Å². The fraction of sp³-hybridized carbons (Fsp3) is 0.606. The van der Waals surface area contributed by atoms with Gasteiger partial charge in [0.2, 0.25) is 0 Å². The molecule has 0 amide bonds. The van der Waals surface area contributed by atoms with E-state index < -0.39 is 16.1 Å². The Bertz CT molecular complexity index is 1550. The third kappa shape index (κ3) is 4.85. The van der Waals surface area contributed by atoms with Crippen LogP contribution in [0.2, 0.25) is 0 Å². The van der Waals surface area contributed by atoms with Crippen LogP contribution in [0.4, 0.5) is 0 Å². The number of rotatable bonds is 5. The van der Waals surface area contributed by atoms with Crippen LogP contribution in [0.5, 0.6) is 5.75 Å². The van der Waals surface area contributed by atoms with Crippen molar-refractivity contribution < 1.29 is 22.5 Å². The molecule has 0 saturated heterocycles. The number of hydrogen-bond donors (Lipinski definition) is 1. The Balaban J connectivity index is 1.31. The van der Waals surface area contributed by atoms with Crippen LogP contribution in [0.15, 0.2) is 29.2 Å². The molecule has 0 unspecified atom stereocenters. The molecule has 10 rings (SSSR count). The van der Waals surface area contributed by atoms with E-state index in [1.165, 1.54) is 38.5 Å². The summed E-state index contributed by atoms with van der Waals surface area (Å²) >= 11 is 6.72. The molecular formula is C33H35I3O5S. The highest BCUT2D eigenvalue weighted by atomic mass is 127. The van der Waals surface area contributed by atoms with Crippen LogP contribution in [-0.2, 0) is 20.9 Å². The summed E-state index contributed by atoms with van der Waals surface area (Å²) < 4.78 is 46.6. The number of benzene rings is 2. The van der Waals surface area contributed by atoms with Gasteiger partial charge in [0.1, 0.15) is 5.75 Å². The third-order valence-corrected chi connectivity index (χ3v) is 16.6. The van der Waals surface area contributed by atoms with E-state index in [9.17, 15) is 17.8 Å². The maximum Gasteiger partial charge on any atom is 0.344 e. The lowest BCUT2D eigenvalue weighted by Crippen LogP contribution is -2.50. The van der Waals surface area contributed by atoms with E-state index in [0.717, 1.165) is 54.8 Å². The van der Waals surface area contributed by atoms with Crippen LogP contribution in [0, 0.1) is 46.2 Å². The summed E-state index contributed by atoms with van der Waals surface area (Å²) in [7, 11) is -4.48. The highest BCUT2D eigenvalue weighted by Gasteiger charge is 2.56. The Hall–Kier alpha value is 0.0100. The molecule has 5 nitrogen and oxygen atoms in total. The molecule has 2 aromatic carbocycles. The second kappa shape index (κ2) is 10.3. The average Bonchev–Trinajstić information content (AvgIpc) is 2.88. The van der Waals surface area contributed by atoms with Gasteiger partial charge in [0.25, 0.3) is 10.1 Å². The molecule has 42 heavy (non-hydrogen) atoms. The standard InChI is InChI=1S/C33H35I3O5S/c34-23-7-24(30(36)27(35)8-23)31(37)41-28-9-26(33-14-20-4-21(15-33)6-22(5-20)16-33)29(42(38,39)40)10-25(28)32-11-17-1-18(12-32)3-19(2-17)13-32/h7-10,17-22H,1-6,11-16H2,(H,38,39,40). The number of carbonyl (C=O) groups is 1. The molecule has 1 N–H and O–H groups in total. The first-order valence-corrected chi connectivity index (χ1v) is 20.1. The number of halogens is 3. The molecule has 0 spiro atoms. The summed E-state index contributed by atoms with van der Waals surface area (Å²) in [5.41, 5.74) is 1.58. The van der Waals surface area contributed by atoms with Crippen LogP contribution in [0.3, 0.4) is 0 Å². The van der Waals surface area contributed by atoms with Crippen LogP contribution < -0.4 is 4.74 Å². The van der Waals surface area contributed by atoms with E-state index in [1.54, 1.807) is 6.07 Å². The lowest BCUT2D eigenvalue weighted by molar-refractivity contribution is -0.00889. The first kappa shape index (κ1) is 29.4. The Morgan fingerprint density at radius 1 is 0.714 bits per heavy atom. The zero-order valence-corrected chi connectivity index (χ0v) is 30.7. The Labute approximate surface area is 289 Å². The molecule has 0 radical (unpaired) electrons. The van der Waals surface area contributed by atoms with Gasteiger partial charge in [0.15, 0.2) is 0 Å². The van der Waals surface area contributed by atoms with E-state index in [0.29, 0.717) is 52.4 Å². The monoisotopic (exact) mass is 924 g/mol. The molecule has 8 saturated carbocycles. The van der Waals surface area contributed by atoms with Gasteiger partial charge in [-0.05, 0) is 221 Å². The lowest BCUT2D eigenvalue weighted by Gasteiger charge is -2.58. The van der Waals surface area contributed by atoms with E-state index in [4.69, 9.17) is 4.74 Å². The molecule has 0 aromatic heterocycles. The highest BCUT2D eigenvalue weighted by molar-refractivity contribution is 14.1. The van der Waals surface area contributed by atoms with Crippen LogP contribution in [-0.4, -0.2) is 18.9 Å². The van der Waals surface area contributed by atoms with Gasteiger partial charge in [-0.2, -0.15) is 8.42 Å². The predicted octanol–water partition coefficient (Wildman–Crippen LogP) is 8.90. The van der Waals surface area contributed by atoms with Crippen molar-refractivity contribution in [2.75, 3.05) is 0 Å². The van der Waals surface area contributed by atoms with Crippen molar-refractivity contribution in [3.63, 3.8) is 0 Å². The van der Waals surface area contributed by atoms with Crippen LogP contribution >= 0.6 is 67.8 Å². The van der Waals surface area contributed by atoms with Crippen LogP contribution in [0.1, 0.15) is 98.5 Å². The second-order valence-electron chi connectivity index (χ2n) is 14.9. The Kier molecular flexibility index (Phi) is 7.18. The summed E-state index contributed by atoms with van der Waals surface area (Å²) in [6, 6.07) is 7.63. The molecular weight excluding hydrogens is 889 g/mol. The fourth-order valence-electron chi connectivity index (χ4n) is 11.4. The van der Waals surface area contributed by atoms with Crippen molar-refractivity contribution in [3.05, 3.63) is 51.7 Å². The van der Waals surface area contributed by atoms with Crippen molar-refractivity contribution in [1.82, 2.24) is 0 Å². The molecule has 224 valence electrons. The first-order valence-electron chi connectivity index (χ1n) is 15.4. The molecule has 9 heteroatoms. The molecule has 8 bridgehead atoms. The molecule has 0 atom stereocenters. The van der Waals surface area contributed by atoms with E-state index in [1.807, 2.05) is 18.2 Å². The second-order valence-corrected chi connectivity index (χ2v) is 19.7. The minimum atomic E-state index is -4.48. The normalized spacial score (nSPS) is 37.8. The summed E-state index contributed by atoms with van der Waals surface area (Å²) in [6.45, 7) is 0. The van der Waals surface area contributed by atoms with Crippen molar-refractivity contribution in [3.8, 4) is 5.75 Å². The number of hydrogen-bond acceptors (Lipinski definition) is 4. The maximum atomic E-state index is 14.0. The van der Waals surface area contributed by atoms with Gasteiger partial charge in [0.05, 0.1) is 10.5 Å². The Morgan fingerprint density at radius 3 is 1.62 bits per heavy atom. The molecule has 8 fully saturated rings. The summed E-state index contributed by atoms with van der Waals surface area (Å²) in [4.78, 5) is 14.0. The number of esters is 1. The predicted molar refractivity (Wildman–Crippen MR) is 186 cm³/mol. The van der Waals surface area contributed by atoms with E-state index >= 15 is 0 Å². The third-order valence-electron chi connectivity index (χ3n) is 12.0. The van der Waals surface area contributed by atoms with Gasteiger partial charge in [0, 0.05) is 16.3 Å². The zero-order chi connectivity index (χ0) is 29.2. The molecule has 8 aliphatic rings. The summed E-state index contributed by atoms with van der Waals surface area (Å²) in [6.07, 6.45) is 13.3. The SMILES string of the molecule is O=C(Oc1cc(C23CC4CC(CC(C4)C2)C3)c(S(=O)(=O)O)cc1C12CC3CC(CC(C3)C1)C2)c1cc(I)cc(I)c1I. The van der Waals surface area contributed by atoms with Gasteiger partial charge in [-0.3, -0.25) is 4.55 Å². The zero-order valence-electron chi connectivity index (χ0n) is 23.4. The summed E-state index contributed by atoms with van der Waals surface area (Å²) in [5, 5.41) is 0. The topological polar surface area (TPSA) is 80.7 Å². The van der Waals surface area contributed by atoms with Gasteiger partial charge in [-0.25, -0.2) is 4.79 Å². The van der Waals surface area contributed by atoms with Crippen molar-refractivity contribution in [2.45, 2.75) is 92.8 Å². The van der Waals surface area contributed by atoms with E-state index in [-0.39, 0.29) is 15.7 Å². The maximum absolute atomic E-state index is 14.0. The molecule has 8 aliphatic carbocycles.